The van der Waals surface area contributed by atoms with E-state index >= 15 is 0 Å². The summed E-state index contributed by atoms with van der Waals surface area (Å²) in [7, 11) is 0. The number of rotatable bonds is 5. The fourth-order valence-electron chi connectivity index (χ4n) is 2.87. The summed E-state index contributed by atoms with van der Waals surface area (Å²) in [4.78, 5) is 13.2. The van der Waals surface area contributed by atoms with Crippen molar-refractivity contribution in [2.45, 2.75) is 26.7 Å². The van der Waals surface area contributed by atoms with Crippen LogP contribution in [-0.4, -0.2) is 25.7 Å². The van der Waals surface area contributed by atoms with Crippen molar-refractivity contribution >= 4 is 39.5 Å². The molecule has 28 heavy (non-hydrogen) atoms. The van der Waals surface area contributed by atoms with Crippen molar-refractivity contribution in [3.05, 3.63) is 64.4 Å². The first kappa shape index (κ1) is 18.6. The van der Waals surface area contributed by atoms with Crippen LogP contribution in [0.15, 0.2) is 42.5 Å². The number of anilines is 1. The van der Waals surface area contributed by atoms with Gasteiger partial charge in [-0.15, -0.1) is 10.2 Å². The molecule has 1 N–H and O–H groups in total. The van der Waals surface area contributed by atoms with Crippen molar-refractivity contribution in [1.82, 2.24) is 19.8 Å². The van der Waals surface area contributed by atoms with Crippen LogP contribution in [0.2, 0.25) is 5.02 Å². The molecule has 6 nitrogen and oxygen atoms in total. The normalized spacial score (nSPS) is 11.1. The van der Waals surface area contributed by atoms with Crippen molar-refractivity contribution < 1.29 is 4.79 Å². The highest BCUT2D eigenvalue weighted by Crippen LogP contribution is 2.29. The molecule has 0 radical (unpaired) electrons. The van der Waals surface area contributed by atoms with E-state index < -0.39 is 0 Å². The lowest BCUT2D eigenvalue weighted by Crippen LogP contribution is -2.15. The number of benzene rings is 2. The van der Waals surface area contributed by atoms with E-state index in [1.807, 2.05) is 44.2 Å². The molecule has 2 aromatic heterocycles. The van der Waals surface area contributed by atoms with Crippen LogP contribution in [0, 0.1) is 6.92 Å². The van der Waals surface area contributed by atoms with Gasteiger partial charge >= 0.3 is 0 Å². The molecule has 0 saturated carbocycles. The largest absolute Gasteiger partial charge is 0.326 e. The summed E-state index contributed by atoms with van der Waals surface area (Å²) in [6, 6.07) is 13.2. The molecule has 4 aromatic rings. The van der Waals surface area contributed by atoms with Gasteiger partial charge in [0, 0.05) is 22.7 Å². The standard InChI is InChI=1S/C20H18ClN5OS/c1-3-17-23-24-20-26(17)25-19(28-20)14-7-4-12(2)16(11-14)22-18(27)10-13-5-8-15(21)9-6-13/h4-9,11H,3,10H2,1-2H3,(H,22,27). The smallest absolute Gasteiger partial charge is 0.234 e. The van der Waals surface area contributed by atoms with E-state index in [2.05, 4.69) is 20.6 Å². The van der Waals surface area contributed by atoms with Gasteiger partial charge in [0.1, 0.15) is 5.01 Å². The lowest BCUT2D eigenvalue weighted by molar-refractivity contribution is -0.115. The zero-order valence-corrected chi connectivity index (χ0v) is 17.0. The lowest BCUT2D eigenvalue weighted by atomic mass is 10.1. The molecule has 2 aromatic carbocycles. The van der Waals surface area contributed by atoms with Crippen LogP contribution in [0.4, 0.5) is 5.69 Å². The molecule has 0 aliphatic rings. The van der Waals surface area contributed by atoms with E-state index in [9.17, 15) is 4.79 Å². The number of nitrogens with zero attached hydrogens (tertiary/aromatic N) is 4. The summed E-state index contributed by atoms with van der Waals surface area (Å²) < 4.78 is 1.78. The third kappa shape index (κ3) is 3.76. The van der Waals surface area contributed by atoms with Crippen LogP contribution in [0.25, 0.3) is 15.5 Å². The Morgan fingerprint density at radius 1 is 1.18 bits per heavy atom. The molecule has 4 rings (SSSR count). The predicted octanol–water partition coefficient (Wildman–Crippen LogP) is 4.56. The van der Waals surface area contributed by atoms with Crippen LogP contribution in [0.3, 0.4) is 0 Å². The summed E-state index contributed by atoms with van der Waals surface area (Å²) in [5, 5.41) is 17.4. The number of aromatic nitrogens is 4. The second-order valence-corrected chi connectivity index (χ2v) is 7.84. The molecule has 0 aliphatic heterocycles. The Balaban J connectivity index is 1.56. The molecular weight excluding hydrogens is 394 g/mol. The van der Waals surface area contributed by atoms with Crippen LogP contribution in [0.1, 0.15) is 23.9 Å². The summed E-state index contributed by atoms with van der Waals surface area (Å²) in [6.45, 7) is 3.99. The third-order valence-electron chi connectivity index (χ3n) is 4.41. The van der Waals surface area contributed by atoms with Gasteiger partial charge in [-0.1, -0.05) is 54.1 Å². The van der Waals surface area contributed by atoms with E-state index in [1.165, 1.54) is 11.3 Å². The van der Waals surface area contributed by atoms with Crippen LogP contribution >= 0.6 is 22.9 Å². The molecule has 1 amide bonds. The molecule has 0 atom stereocenters. The van der Waals surface area contributed by atoms with E-state index in [0.717, 1.165) is 44.6 Å². The second kappa shape index (κ2) is 7.69. The number of nitrogens with one attached hydrogen (secondary N) is 1. The summed E-state index contributed by atoms with van der Waals surface area (Å²) >= 11 is 7.38. The highest BCUT2D eigenvalue weighted by Gasteiger charge is 2.14. The maximum absolute atomic E-state index is 12.5. The highest BCUT2D eigenvalue weighted by molar-refractivity contribution is 7.19. The monoisotopic (exact) mass is 411 g/mol. The quantitative estimate of drug-likeness (QED) is 0.522. The zero-order chi connectivity index (χ0) is 19.7. The first-order valence-electron chi connectivity index (χ1n) is 8.90. The average Bonchev–Trinajstić information content (AvgIpc) is 3.26. The van der Waals surface area contributed by atoms with Crippen LogP contribution in [-0.2, 0) is 17.6 Å². The van der Waals surface area contributed by atoms with E-state index in [4.69, 9.17) is 11.6 Å². The molecule has 0 saturated heterocycles. The molecule has 0 fully saturated rings. The minimum Gasteiger partial charge on any atom is -0.326 e. The van der Waals surface area contributed by atoms with Gasteiger partial charge in [0.2, 0.25) is 10.9 Å². The zero-order valence-electron chi connectivity index (χ0n) is 15.4. The number of carbonyl (C=O) groups excluding carboxylic acids is 1. The Morgan fingerprint density at radius 2 is 1.96 bits per heavy atom. The van der Waals surface area contributed by atoms with Crippen LogP contribution < -0.4 is 5.32 Å². The topological polar surface area (TPSA) is 72.2 Å². The predicted molar refractivity (Wildman–Crippen MR) is 112 cm³/mol. The second-order valence-electron chi connectivity index (χ2n) is 6.45. The van der Waals surface area contributed by atoms with Gasteiger partial charge in [-0.05, 0) is 36.2 Å². The van der Waals surface area contributed by atoms with Crippen molar-refractivity contribution in [2.75, 3.05) is 5.32 Å². The first-order chi connectivity index (χ1) is 13.5. The van der Waals surface area contributed by atoms with Gasteiger partial charge < -0.3 is 5.32 Å². The molecule has 142 valence electrons. The number of fused-ring (bicyclic) bond motifs is 1. The molecule has 0 unspecified atom stereocenters. The fourth-order valence-corrected chi connectivity index (χ4v) is 3.85. The maximum atomic E-state index is 12.5. The molecule has 0 bridgehead atoms. The molecule has 0 spiro atoms. The molecular formula is C20H18ClN5OS. The number of hydrogen-bond donors (Lipinski definition) is 1. The van der Waals surface area contributed by atoms with Crippen LogP contribution in [0.5, 0.6) is 0 Å². The van der Waals surface area contributed by atoms with Gasteiger partial charge in [-0.3, -0.25) is 4.79 Å². The van der Waals surface area contributed by atoms with E-state index in [0.29, 0.717) is 5.02 Å². The molecule has 8 heteroatoms. The minimum absolute atomic E-state index is 0.0750. The fraction of sp³-hybridized carbons (Fsp3) is 0.200. The summed E-state index contributed by atoms with van der Waals surface area (Å²) in [5.41, 5.74) is 3.62. The lowest BCUT2D eigenvalue weighted by Gasteiger charge is -2.10. The van der Waals surface area contributed by atoms with Gasteiger partial charge in [-0.25, -0.2) is 0 Å². The summed E-state index contributed by atoms with van der Waals surface area (Å²) in [5.74, 6) is 0.759. The third-order valence-corrected chi connectivity index (χ3v) is 5.61. The number of carbonyl (C=O) groups is 1. The SMILES string of the molecule is CCc1nnc2sc(-c3ccc(C)c(NC(=O)Cc4ccc(Cl)cc4)c3)nn12. The van der Waals surface area contributed by atoms with Crippen molar-refractivity contribution in [3.63, 3.8) is 0 Å². The van der Waals surface area contributed by atoms with Gasteiger partial charge in [0.05, 0.1) is 6.42 Å². The number of aryl methyl sites for hydroxylation is 2. The Morgan fingerprint density at radius 3 is 2.71 bits per heavy atom. The Bertz CT molecular complexity index is 1150. The maximum Gasteiger partial charge on any atom is 0.234 e. The van der Waals surface area contributed by atoms with Gasteiger partial charge in [0.25, 0.3) is 0 Å². The Kier molecular flexibility index (Phi) is 5.11. The Hall–Kier alpha value is -2.77. The van der Waals surface area contributed by atoms with E-state index in [-0.39, 0.29) is 12.3 Å². The molecule has 2 heterocycles. The number of amides is 1. The average molecular weight is 412 g/mol. The first-order valence-corrected chi connectivity index (χ1v) is 10.1. The highest BCUT2D eigenvalue weighted by atomic mass is 35.5. The number of hydrogen-bond acceptors (Lipinski definition) is 5. The molecule has 0 aliphatic carbocycles. The van der Waals surface area contributed by atoms with E-state index in [1.54, 1.807) is 16.6 Å². The van der Waals surface area contributed by atoms with Crippen molar-refractivity contribution in [1.29, 1.82) is 0 Å². The van der Waals surface area contributed by atoms with Gasteiger partial charge in [-0.2, -0.15) is 9.61 Å². The van der Waals surface area contributed by atoms with Crippen molar-refractivity contribution in [2.24, 2.45) is 0 Å². The minimum atomic E-state index is -0.0750. The van der Waals surface area contributed by atoms with Crippen molar-refractivity contribution in [3.8, 4) is 10.6 Å². The van der Waals surface area contributed by atoms with Gasteiger partial charge in [0.15, 0.2) is 5.82 Å². The Labute approximate surface area is 171 Å². The number of halogens is 1. The summed E-state index contributed by atoms with van der Waals surface area (Å²) in [6.07, 6.45) is 1.06.